The maximum absolute atomic E-state index is 10.7. The van der Waals surface area contributed by atoms with E-state index in [9.17, 15) is 10.1 Å². The highest BCUT2D eigenvalue weighted by molar-refractivity contribution is 5.52. The Morgan fingerprint density at radius 2 is 2.17 bits per heavy atom. The molecule has 0 unspecified atom stereocenters. The average molecular weight is 250 g/mol. The molecule has 1 aromatic rings. The summed E-state index contributed by atoms with van der Waals surface area (Å²) in [7, 11) is 0. The largest absolute Gasteiger partial charge is 0.491 e. The van der Waals surface area contributed by atoms with E-state index in [1.54, 1.807) is 6.07 Å². The van der Waals surface area contributed by atoms with E-state index in [-0.39, 0.29) is 17.4 Å². The molecule has 0 N–H and O–H groups in total. The number of nitrogens with zero attached hydrogens (tertiary/aromatic N) is 2. The van der Waals surface area contributed by atoms with Gasteiger partial charge in [0.1, 0.15) is 24.0 Å². The number of nitro groups is 1. The third-order valence-corrected chi connectivity index (χ3v) is 2.09. The van der Waals surface area contributed by atoms with E-state index >= 15 is 0 Å². The topological polar surface area (TPSA) is 85.4 Å². The van der Waals surface area contributed by atoms with Crippen molar-refractivity contribution in [2.75, 3.05) is 13.2 Å². The van der Waals surface area contributed by atoms with Crippen LogP contribution in [0.4, 0.5) is 5.69 Å². The second-order valence-corrected chi connectivity index (χ2v) is 3.82. The highest BCUT2D eigenvalue weighted by atomic mass is 16.6. The summed E-state index contributed by atoms with van der Waals surface area (Å²) >= 11 is 0. The van der Waals surface area contributed by atoms with Crippen molar-refractivity contribution >= 4 is 5.69 Å². The first-order valence-corrected chi connectivity index (χ1v) is 5.47. The average Bonchev–Trinajstić information content (AvgIpc) is 2.34. The van der Waals surface area contributed by atoms with Crippen LogP contribution in [-0.4, -0.2) is 24.2 Å². The molecule has 0 radical (unpaired) electrons. The van der Waals surface area contributed by atoms with Gasteiger partial charge < -0.3 is 9.47 Å². The van der Waals surface area contributed by atoms with Gasteiger partial charge >= 0.3 is 0 Å². The predicted molar refractivity (Wildman–Crippen MR) is 64.4 cm³/mol. The third-order valence-electron chi connectivity index (χ3n) is 2.09. The Hall–Kier alpha value is -2.13. The molecule has 6 nitrogen and oxygen atoms in total. The lowest BCUT2D eigenvalue weighted by molar-refractivity contribution is -0.385. The Morgan fingerprint density at radius 3 is 2.72 bits per heavy atom. The summed E-state index contributed by atoms with van der Waals surface area (Å²) in [6.07, 6.45) is 0.115. The first-order chi connectivity index (χ1) is 8.54. The van der Waals surface area contributed by atoms with Crippen molar-refractivity contribution in [2.45, 2.75) is 20.0 Å². The number of rotatable bonds is 6. The molecular weight excluding hydrogens is 236 g/mol. The van der Waals surface area contributed by atoms with E-state index in [0.29, 0.717) is 19.0 Å². The van der Waals surface area contributed by atoms with E-state index < -0.39 is 4.92 Å². The Kier molecular flexibility index (Phi) is 5.08. The number of hydrogen-bond acceptors (Lipinski definition) is 5. The lowest BCUT2D eigenvalue weighted by Gasteiger charge is -2.09. The van der Waals surface area contributed by atoms with Crippen molar-refractivity contribution in [3.63, 3.8) is 0 Å². The molecule has 0 saturated heterocycles. The van der Waals surface area contributed by atoms with Gasteiger partial charge in [-0.15, -0.1) is 0 Å². The van der Waals surface area contributed by atoms with Crippen LogP contribution in [0.3, 0.4) is 0 Å². The normalized spacial score (nSPS) is 10.1. The molecule has 0 atom stereocenters. The lowest BCUT2D eigenvalue weighted by atomic mass is 10.2. The van der Waals surface area contributed by atoms with Gasteiger partial charge in [-0.3, -0.25) is 10.1 Å². The van der Waals surface area contributed by atoms with Gasteiger partial charge in [0.05, 0.1) is 23.7 Å². The van der Waals surface area contributed by atoms with Gasteiger partial charge in [-0.05, 0) is 26.0 Å². The van der Waals surface area contributed by atoms with Gasteiger partial charge in [-0.25, -0.2) is 0 Å². The number of nitro benzene ring substituents is 1. The van der Waals surface area contributed by atoms with Crippen LogP contribution in [0.2, 0.25) is 0 Å². The molecule has 1 rings (SSSR count). The summed E-state index contributed by atoms with van der Waals surface area (Å²) in [5.41, 5.74) is -0.231. The van der Waals surface area contributed by atoms with Gasteiger partial charge in [0.15, 0.2) is 0 Å². The van der Waals surface area contributed by atoms with Crippen molar-refractivity contribution in [1.29, 1.82) is 5.26 Å². The van der Waals surface area contributed by atoms with E-state index in [4.69, 9.17) is 14.7 Å². The predicted octanol–water partition coefficient (Wildman–Crippen LogP) is 2.27. The molecular formula is C12H14N2O4. The second kappa shape index (κ2) is 6.57. The molecule has 6 heteroatoms. The molecule has 0 aliphatic rings. The van der Waals surface area contributed by atoms with Crippen LogP contribution < -0.4 is 4.74 Å². The molecule has 96 valence electrons. The fraction of sp³-hybridized carbons (Fsp3) is 0.417. The maximum Gasteiger partial charge on any atom is 0.290 e. The summed E-state index contributed by atoms with van der Waals surface area (Å²) < 4.78 is 10.6. The van der Waals surface area contributed by atoms with E-state index in [2.05, 4.69) is 0 Å². The maximum atomic E-state index is 10.7. The molecule has 0 heterocycles. The lowest BCUT2D eigenvalue weighted by Crippen LogP contribution is -2.11. The van der Waals surface area contributed by atoms with Crippen LogP contribution in [0.15, 0.2) is 18.2 Å². The van der Waals surface area contributed by atoms with Gasteiger partial charge in [-0.1, -0.05) is 0 Å². The molecule has 0 saturated carbocycles. The number of nitriles is 1. The minimum atomic E-state index is -0.601. The molecule has 1 aromatic carbocycles. The van der Waals surface area contributed by atoms with E-state index in [1.165, 1.54) is 18.2 Å². The summed E-state index contributed by atoms with van der Waals surface area (Å²) in [6.45, 7) is 4.53. The first-order valence-electron chi connectivity index (χ1n) is 5.47. The van der Waals surface area contributed by atoms with Crippen molar-refractivity contribution in [3.05, 3.63) is 33.9 Å². The second-order valence-electron chi connectivity index (χ2n) is 3.82. The minimum Gasteiger partial charge on any atom is -0.491 e. The molecule has 0 aliphatic heterocycles. The van der Waals surface area contributed by atoms with Crippen LogP contribution in [0.25, 0.3) is 0 Å². The zero-order valence-electron chi connectivity index (χ0n) is 10.3. The number of ether oxygens (including phenoxy) is 2. The smallest absolute Gasteiger partial charge is 0.290 e. The highest BCUT2D eigenvalue weighted by Gasteiger charge is 2.14. The van der Waals surface area contributed by atoms with Gasteiger partial charge in [0, 0.05) is 0 Å². The fourth-order valence-corrected chi connectivity index (χ4v) is 1.29. The Labute approximate surface area is 105 Å². The summed E-state index contributed by atoms with van der Waals surface area (Å²) in [5, 5.41) is 19.4. The van der Waals surface area contributed by atoms with Crippen LogP contribution in [0, 0.1) is 21.4 Å². The molecule has 0 aliphatic carbocycles. The Bertz CT molecular complexity index is 466. The van der Waals surface area contributed by atoms with Crippen LogP contribution >= 0.6 is 0 Å². The van der Waals surface area contributed by atoms with E-state index in [0.717, 1.165) is 0 Å². The molecule has 0 bridgehead atoms. The van der Waals surface area contributed by atoms with Crippen LogP contribution in [0.5, 0.6) is 5.75 Å². The number of hydrogen-bond donors (Lipinski definition) is 0. The molecule has 0 aromatic heterocycles. The highest BCUT2D eigenvalue weighted by Crippen LogP contribution is 2.23. The summed E-state index contributed by atoms with van der Waals surface area (Å²) in [5.74, 6) is 0.355. The molecule has 18 heavy (non-hydrogen) atoms. The van der Waals surface area contributed by atoms with Gasteiger partial charge in [0.2, 0.25) is 0 Å². The molecule has 0 spiro atoms. The van der Waals surface area contributed by atoms with Gasteiger partial charge in [0.25, 0.3) is 5.69 Å². The monoisotopic (exact) mass is 250 g/mol. The van der Waals surface area contributed by atoms with Gasteiger partial charge in [-0.2, -0.15) is 5.26 Å². The summed E-state index contributed by atoms with van der Waals surface area (Å²) in [6, 6.07) is 5.91. The van der Waals surface area contributed by atoms with Crippen LogP contribution in [0.1, 0.15) is 19.4 Å². The Morgan fingerprint density at radius 1 is 1.44 bits per heavy atom. The standard InChI is InChI=1S/C12H14N2O4/c1-9(2)17-5-6-18-11-4-3-10(8-13)12(7-11)14(15)16/h3-4,7,9H,5-6H2,1-2H3. The first kappa shape index (κ1) is 13.9. The summed E-state index contributed by atoms with van der Waals surface area (Å²) in [4.78, 5) is 10.1. The zero-order chi connectivity index (χ0) is 13.5. The zero-order valence-corrected chi connectivity index (χ0v) is 10.3. The fourth-order valence-electron chi connectivity index (χ4n) is 1.29. The quantitative estimate of drug-likeness (QED) is 0.439. The van der Waals surface area contributed by atoms with Crippen LogP contribution in [-0.2, 0) is 4.74 Å². The van der Waals surface area contributed by atoms with Crippen molar-refractivity contribution in [2.24, 2.45) is 0 Å². The van der Waals surface area contributed by atoms with Crippen molar-refractivity contribution in [1.82, 2.24) is 0 Å². The Balaban J connectivity index is 2.65. The SMILES string of the molecule is CC(C)OCCOc1ccc(C#N)c([N+](=O)[O-])c1. The van der Waals surface area contributed by atoms with Crippen molar-refractivity contribution < 1.29 is 14.4 Å². The molecule has 0 fully saturated rings. The third kappa shape index (κ3) is 4.03. The van der Waals surface area contributed by atoms with E-state index in [1.807, 2.05) is 13.8 Å². The minimum absolute atomic E-state index is 0.0192. The molecule has 0 amide bonds. The number of benzene rings is 1. The van der Waals surface area contributed by atoms with Crippen molar-refractivity contribution in [3.8, 4) is 11.8 Å².